The van der Waals surface area contributed by atoms with Crippen LogP contribution in [0.3, 0.4) is 0 Å². The van der Waals surface area contributed by atoms with Gasteiger partial charge in [-0.3, -0.25) is 19.2 Å². The minimum absolute atomic E-state index is 0.0616. The number of nitrogens with zero attached hydrogens (tertiary/aromatic N) is 1. The highest BCUT2D eigenvalue weighted by molar-refractivity contribution is 5.95. The second-order valence-corrected chi connectivity index (χ2v) is 8.98. The van der Waals surface area contributed by atoms with Gasteiger partial charge in [0, 0.05) is 18.3 Å². The van der Waals surface area contributed by atoms with E-state index in [0.29, 0.717) is 25.1 Å². The maximum absolute atomic E-state index is 13.2. The van der Waals surface area contributed by atoms with Crippen LogP contribution in [0.25, 0.3) is 0 Å². The number of benzene rings is 1. The van der Waals surface area contributed by atoms with Crippen molar-refractivity contribution in [1.82, 2.24) is 25.9 Å². The summed E-state index contributed by atoms with van der Waals surface area (Å²) in [6, 6.07) is 3.89. The second kappa shape index (κ2) is 15.8. The predicted molar refractivity (Wildman–Crippen MR) is 139 cm³/mol. The molecule has 0 radical (unpaired) electrons. The summed E-state index contributed by atoms with van der Waals surface area (Å²) >= 11 is 0. The molecular weight excluding hydrogens is 510 g/mol. The van der Waals surface area contributed by atoms with Gasteiger partial charge in [0.15, 0.2) is 0 Å². The number of nitrogens with two attached hydrogens (primary N) is 2. The Morgan fingerprint density at radius 3 is 2.10 bits per heavy atom. The fourth-order valence-electron chi connectivity index (χ4n) is 3.74. The molecule has 1 aromatic carbocycles. The van der Waals surface area contributed by atoms with Gasteiger partial charge in [-0.15, -0.1) is 0 Å². The number of hydrogen-bond donors (Lipinski definition) is 8. The van der Waals surface area contributed by atoms with E-state index < -0.39 is 60.2 Å². The Morgan fingerprint density at radius 1 is 0.872 bits per heavy atom. The van der Waals surface area contributed by atoms with E-state index in [0.717, 1.165) is 5.56 Å². The first-order valence-electron chi connectivity index (χ1n) is 12.4. The molecule has 3 amide bonds. The van der Waals surface area contributed by atoms with Crippen molar-refractivity contribution in [2.75, 3.05) is 6.54 Å². The lowest BCUT2D eigenvalue weighted by Crippen LogP contribution is -2.58. The van der Waals surface area contributed by atoms with Gasteiger partial charge in [0.05, 0.1) is 18.8 Å². The number of H-pyrrole nitrogens is 1. The fourth-order valence-corrected chi connectivity index (χ4v) is 3.74. The van der Waals surface area contributed by atoms with Crippen molar-refractivity contribution < 1.29 is 34.2 Å². The van der Waals surface area contributed by atoms with Crippen LogP contribution in [0.2, 0.25) is 0 Å². The minimum Gasteiger partial charge on any atom is -0.481 e. The summed E-state index contributed by atoms with van der Waals surface area (Å²) in [6.07, 6.45) is 3.18. The van der Waals surface area contributed by atoms with Crippen LogP contribution < -0.4 is 27.4 Å². The third-order valence-electron chi connectivity index (χ3n) is 5.82. The van der Waals surface area contributed by atoms with Gasteiger partial charge in [-0.1, -0.05) is 30.3 Å². The molecule has 0 saturated carbocycles. The summed E-state index contributed by atoms with van der Waals surface area (Å²) in [5.41, 5.74) is 12.8. The first kappa shape index (κ1) is 30.9. The van der Waals surface area contributed by atoms with E-state index in [2.05, 4.69) is 25.9 Å². The Labute approximate surface area is 224 Å². The van der Waals surface area contributed by atoms with Crippen molar-refractivity contribution in [3.05, 3.63) is 54.1 Å². The summed E-state index contributed by atoms with van der Waals surface area (Å²) in [5.74, 6) is -5.19. The molecule has 4 unspecified atom stereocenters. The smallest absolute Gasteiger partial charge is 0.326 e. The number of carboxylic acid groups (broad SMARTS) is 2. The first-order valence-corrected chi connectivity index (χ1v) is 12.4. The van der Waals surface area contributed by atoms with Gasteiger partial charge >= 0.3 is 11.9 Å². The van der Waals surface area contributed by atoms with Crippen LogP contribution in [0, 0.1) is 0 Å². The van der Waals surface area contributed by atoms with E-state index in [-0.39, 0.29) is 19.3 Å². The number of rotatable bonds is 17. The summed E-state index contributed by atoms with van der Waals surface area (Å²) < 4.78 is 0. The van der Waals surface area contributed by atoms with Crippen LogP contribution in [0.1, 0.15) is 36.9 Å². The van der Waals surface area contributed by atoms with Gasteiger partial charge in [-0.2, -0.15) is 0 Å². The Bertz CT molecular complexity index is 1100. The average Bonchev–Trinajstić information content (AvgIpc) is 3.40. The predicted octanol–water partition coefficient (Wildman–Crippen LogP) is -1.34. The van der Waals surface area contributed by atoms with E-state index in [1.807, 2.05) is 6.07 Å². The zero-order valence-corrected chi connectivity index (χ0v) is 21.3. The SMILES string of the molecule is NCCCCC(NC(=O)C(CC(=O)O)NC(=O)C(Cc1cnc[nH]1)NC(=O)C(N)Cc1ccccc1)C(=O)O. The third kappa shape index (κ3) is 10.9. The monoisotopic (exact) mass is 545 g/mol. The molecule has 0 bridgehead atoms. The fraction of sp³-hybridized carbons (Fsp3) is 0.440. The van der Waals surface area contributed by atoms with Crippen LogP contribution in [-0.4, -0.2) is 80.6 Å². The van der Waals surface area contributed by atoms with Gasteiger partial charge < -0.3 is 42.6 Å². The van der Waals surface area contributed by atoms with Gasteiger partial charge in [0.1, 0.15) is 18.1 Å². The molecule has 2 rings (SSSR count). The molecule has 4 atom stereocenters. The molecule has 0 aliphatic rings. The summed E-state index contributed by atoms with van der Waals surface area (Å²) in [6.45, 7) is 0.344. The Hall–Kier alpha value is -4.30. The largest absolute Gasteiger partial charge is 0.481 e. The number of carboxylic acids is 2. The number of nitrogens with one attached hydrogen (secondary N) is 4. The molecule has 0 fully saturated rings. The van der Waals surface area contributed by atoms with Crippen LogP contribution >= 0.6 is 0 Å². The summed E-state index contributed by atoms with van der Waals surface area (Å²) in [4.78, 5) is 68.6. The Balaban J connectivity index is 2.15. The van der Waals surface area contributed by atoms with E-state index in [1.54, 1.807) is 24.3 Å². The number of aromatic amines is 1. The van der Waals surface area contributed by atoms with Crippen molar-refractivity contribution in [2.45, 2.75) is 62.7 Å². The van der Waals surface area contributed by atoms with Crippen LogP contribution in [-0.2, 0) is 36.8 Å². The topological polar surface area (TPSA) is 243 Å². The van der Waals surface area contributed by atoms with Crippen LogP contribution in [0.4, 0.5) is 0 Å². The minimum atomic E-state index is -1.61. The molecule has 14 nitrogen and oxygen atoms in total. The maximum Gasteiger partial charge on any atom is 0.326 e. The Kier molecular flexibility index (Phi) is 12.6. The number of aliphatic carboxylic acids is 2. The lowest BCUT2D eigenvalue weighted by Gasteiger charge is -2.24. The van der Waals surface area contributed by atoms with Crippen LogP contribution in [0.15, 0.2) is 42.9 Å². The number of carbonyl (C=O) groups is 5. The third-order valence-corrected chi connectivity index (χ3v) is 5.82. The van der Waals surface area contributed by atoms with Gasteiger partial charge in [0.2, 0.25) is 17.7 Å². The zero-order chi connectivity index (χ0) is 28.8. The quantitative estimate of drug-likeness (QED) is 0.109. The lowest BCUT2D eigenvalue weighted by molar-refractivity contribution is -0.143. The zero-order valence-electron chi connectivity index (χ0n) is 21.3. The van der Waals surface area contributed by atoms with Crippen molar-refractivity contribution in [2.24, 2.45) is 11.5 Å². The van der Waals surface area contributed by atoms with Gasteiger partial charge in [-0.25, -0.2) is 9.78 Å². The maximum atomic E-state index is 13.2. The molecule has 1 aromatic heterocycles. The van der Waals surface area contributed by atoms with Gasteiger partial charge in [0.25, 0.3) is 0 Å². The van der Waals surface area contributed by atoms with Crippen LogP contribution in [0.5, 0.6) is 0 Å². The van der Waals surface area contributed by atoms with E-state index in [4.69, 9.17) is 11.5 Å². The highest BCUT2D eigenvalue weighted by atomic mass is 16.4. The molecule has 0 aliphatic heterocycles. The number of imidazole rings is 1. The van der Waals surface area contributed by atoms with Crippen molar-refractivity contribution in [3.63, 3.8) is 0 Å². The molecule has 10 N–H and O–H groups in total. The highest BCUT2D eigenvalue weighted by Crippen LogP contribution is 2.06. The number of unbranched alkanes of at least 4 members (excludes halogenated alkanes) is 1. The van der Waals surface area contributed by atoms with E-state index in [9.17, 15) is 34.2 Å². The highest BCUT2D eigenvalue weighted by Gasteiger charge is 2.32. The molecule has 0 aliphatic carbocycles. The molecule has 14 heteroatoms. The standard InChI is InChI=1S/C25H35N7O7/c26-9-5-4-8-18(25(38)39)30-24(37)20(12-21(33)34)32-23(36)19(11-16-13-28-14-29-16)31-22(35)17(27)10-15-6-2-1-3-7-15/h1-3,6-7,13-14,17-20H,4-5,8-12,26-27H2,(H,28,29)(H,30,37)(H,31,35)(H,32,36)(H,33,34)(H,38,39). The molecular formula is C25H35N7O7. The second-order valence-electron chi connectivity index (χ2n) is 8.98. The molecule has 2 aromatic rings. The van der Waals surface area contributed by atoms with E-state index in [1.165, 1.54) is 12.5 Å². The lowest BCUT2D eigenvalue weighted by atomic mass is 10.0. The summed E-state index contributed by atoms with van der Waals surface area (Å²) in [7, 11) is 0. The number of aromatic nitrogens is 2. The van der Waals surface area contributed by atoms with E-state index >= 15 is 0 Å². The molecule has 39 heavy (non-hydrogen) atoms. The number of amides is 3. The summed E-state index contributed by atoms with van der Waals surface area (Å²) in [5, 5.41) is 25.9. The molecule has 212 valence electrons. The average molecular weight is 546 g/mol. The Morgan fingerprint density at radius 2 is 1.51 bits per heavy atom. The van der Waals surface area contributed by atoms with Crippen molar-refractivity contribution in [3.8, 4) is 0 Å². The first-order chi connectivity index (χ1) is 18.6. The van der Waals surface area contributed by atoms with Crippen molar-refractivity contribution >= 4 is 29.7 Å². The molecule has 1 heterocycles. The van der Waals surface area contributed by atoms with Gasteiger partial charge in [-0.05, 0) is 37.8 Å². The molecule has 0 saturated heterocycles. The molecule has 0 spiro atoms. The number of carbonyl (C=O) groups excluding carboxylic acids is 3. The number of hydrogen-bond acceptors (Lipinski definition) is 8. The normalized spacial score (nSPS) is 13.9. The van der Waals surface area contributed by atoms with Crippen molar-refractivity contribution in [1.29, 1.82) is 0 Å².